The average molecular weight is 756 g/mol. The van der Waals surface area contributed by atoms with Gasteiger partial charge in [-0.2, -0.15) is 13.2 Å². The van der Waals surface area contributed by atoms with Crippen LogP contribution in [0.25, 0.3) is 6.08 Å². The normalized spacial score (nSPS) is 15.0. The number of ether oxygens (including phenoxy) is 3. The predicted molar refractivity (Wildman–Crippen MR) is 173 cm³/mol. The second kappa shape index (κ2) is 14.0. The number of alkyl halides is 3. The van der Waals surface area contributed by atoms with E-state index in [1.165, 1.54) is 37.3 Å². The molecule has 0 amide bonds. The highest BCUT2D eigenvalue weighted by atomic mass is 79.9. The Kier molecular flexibility index (Phi) is 10.3. The molecule has 1 aliphatic rings. The molecule has 0 aliphatic carbocycles. The third-order valence-corrected chi connectivity index (χ3v) is 8.93. The van der Waals surface area contributed by atoms with Gasteiger partial charge in [-0.25, -0.2) is 9.79 Å². The monoisotopic (exact) mass is 754 g/mol. The molecule has 3 aromatic carbocycles. The molecule has 4 aromatic rings. The molecule has 240 valence electrons. The number of halogens is 6. The van der Waals surface area contributed by atoms with Crippen LogP contribution in [-0.2, 0) is 16.1 Å². The summed E-state index contributed by atoms with van der Waals surface area (Å²) in [6.07, 6.45) is -3.51. The van der Waals surface area contributed by atoms with E-state index in [4.69, 9.17) is 37.4 Å². The molecule has 14 heteroatoms. The second-order valence-electron chi connectivity index (χ2n) is 9.76. The number of aromatic nitrogens is 1. The summed E-state index contributed by atoms with van der Waals surface area (Å²) in [5.41, 5.74) is -1.40. The molecular formula is C32H24BrCl2F3N2O5S. The molecule has 1 aromatic heterocycles. The smallest absolute Gasteiger partial charge is 0.434 e. The van der Waals surface area contributed by atoms with E-state index in [1.54, 1.807) is 25.1 Å². The summed E-state index contributed by atoms with van der Waals surface area (Å²) in [6.45, 7) is 3.55. The zero-order valence-electron chi connectivity index (χ0n) is 24.2. The number of fused-ring (bicyclic) bond motifs is 1. The maximum Gasteiger partial charge on any atom is 0.434 e. The van der Waals surface area contributed by atoms with Crippen molar-refractivity contribution in [2.24, 2.45) is 4.99 Å². The first-order valence-corrected chi connectivity index (χ1v) is 16.2. The first kappa shape index (κ1) is 33.8. The molecule has 1 aliphatic heterocycles. The summed E-state index contributed by atoms with van der Waals surface area (Å²) >= 11 is 16.6. The molecule has 0 saturated heterocycles. The lowest BCUT2D eigenvalue weighted by Crippen LogP contribution is -2.41. The van der Waals surface area contributed by atoms with Gasteiger partial charge in [0.2, 0.25) is 0 Å². The van der Waals surface area contributed by atoms with Gasteiger partial charge in [0.15, 0.2) is 22.0 Å². The topological polar surface area (TPSA) is 79.1 Å². The number of carbonyl (C=O) groups is 1. The van der Waals surface area contributed by atoms with Crippen LogP contribution in [0, 0.1) is 0 Å². The van der Waals surface area contributed by atoms with Gasteiger partial charge in [-0.05, 0) is 77.3 Å². The first-order valence-electron chi connectivity index (χ1n) is 13.8. The number of nitrogens with zero attached hydrogens (tertiary/aromatic N) is 2. The third-order valence-electron chi connectivity index (χ3n) is 6.74. The largest absolute Gasteiger partial charge is 0.490 e. The van der Waals surface area contributed by atoms with Crippen molar-refractivity contribution in [1.82, 2.24) is 4.57 Å². The molecule has 0 fully saturated rings. The Morgan fingerprint density at radius 2 is 1.78 bits per heavy atom. The fourth-order valence-electron chi connectivity index (χ4n) is 4.79. The van der Waals surface area contributed by atoms with E-state index in [0.717, 1.165) is 21.5 Å². The lowest BCUT2D eigenvalue weighted by Gasteiger charge is -2.26. The lowest BCUT2D eigenvalue weighted by molar-refractivity contribution is -0.140. The van der Waals surface area contributed by atoms with Crippen LogP contribution in [-0.4, -0.2) is 29.9 Å². The Balaban J connectivity index is 1.65. The van der Waals surface area contributed by atoms with Crippen molar-refractivity contribution in [2.75, 3.05) is 13.2 Å². The molecule has 0 N–H and O–H groups in total. The number of esters is 1. The van der Waals surface area contributed by atoms with Gasteiger partial charge < -0.3 is 14.2 Å². The average Bonchev–Trinajstić information content (AvgIpc) is 3.31. The summed E-state index contributed by atoms with van der Waals surface area (Å²) in [7, 11) is 0. The molecule has 0 bridgehead atoms. The number of allylic oxidation sites excluding steroid dienone is 1. The highest BCUT2D eigenvalue weighted by Gasteiger charge is 2.45. The highest BCUT2D eigenvalue weighted by Crippen LogP contribution is 2.40. The number of rotatable bonds is 9. The van der Waals surface area contributed by atoms with Crippen LogP contribution in [0.2, 0.25) is 10.0 Å². The molecule has 0 unspecified atom stereocenters. The van der Waals surface area contributed by atoms with E-state index in [2.05, 4.69) is 20.9 Å². The lowest BCUT2D eigenvalue weighted by atomic mass is 9.95. The van der Waals surface area contributed by atoms with Crippen LogP contribution in [0.3, 0.4) is 0 Å². The van der Waals surface area contributed by atoms with Crippen molar-refractivity contribution in [3.63, 3.8) is 0 Å². The fraction of sp³-hybridized carbons (Fsp3) is 0.219. The van der Waals surface area contributed by atoms with Crippen LogP contribution in [0.1, 0.15) is 36.6 Å². The molecule has 0 saturated carbocycles. The van der Waals surface area contributed by atoms with E-state index in [-0.39, 0.29) is 28.1 Å². The first-order chi connectivity index (χ1) is 21.9. The molecule has 0 spiro atoms. The van der Waals surface area contributed by atoms with Gasteiger partial charge in [0.1, 0.15) is 6.61 Å². The predicted octanol–water partition coefficient (Wildman–Crippen LogP) is 7.39. The van der Waals surface area contributed by atoms with Crippen LogP contribution < -0.4 is 24.4 Å². The summed E-state index contributed by atoms with van der Waals surface area (Å²) in [5.74, 6) is -0.464. The van der Waals surface area contributed by atoms with Gasteiger partial charge in [0.25, 0.3) is 5.56 Å². The SMILES string of the molecule is CCOC(=O)C1=C(C(F)(F)F)N=c2s/c(=C\c3cc(Br)c(OCc4ccccc4Cl)c(OCC)c3)c(=O)n2[C@@H]1c1ccc(Cl)cc1. The van der Waals surface area contributed by atoms with Crippen LogP contribution in [0.15, 0.2) is 86.2 Å². The minimum absolute atomic E-state index is 0.0726. The molecule has 0 radical (unpaired) electrons. The van der Waals surface area contributed by atoms with Gasteiger partial charge in [-0.1, -0.05) is 64.9 Å². The molecular weight excluding hydrogens is 732 g/mol. The molecule has 7 nitrogen and oxygen atoms in total. The zero-order chi connectivity index (χ0) is 33.2. The Labute approximate surface area is 283 Å². The number of thiazole rings is 1. The highest BCUT2D eigenvalue weighted by molar-refractivity contribution is 9.10. The van der Waals surface area contributed by atoms with Crippen molar-refractivity contribution in [2.45, 2.75) is 32.7 Å². The van der Waals surface area contributed by atoms with Crippen molar-refractivity contribution in [3.8, 4) is 11.5 Å². The van der Waals surface area contributed by atoms with E-state index in [9.17, 15) is 22.8 Å². The fourth-order valence-corrected chi connectivity index (χ4v) is 6.68. The van der Waals surface area contributed by atoms with E-state index >= 15 is 0 Å². The number of hydrogen-bond acceptors (Lipinski definition) is 7. The van der Waals surface area contributed by atoms with Crippen molar-refractivity contribution in [1.29, 1.82) is 0 Å². The van der Waals surface area contributed by atoms with E-state index in [0.29, 0.717) is 38.2 Å². The quantitative estimate of drug-likeness (QED) is 0.167. The van der Waals surface area contributed by atoms with Crippen LogP contribution in [0.5, 0.6) is 11.5 Å². The van der Waals surface area contributed by atoms with Crippen molar-refractivity contribution in [3.05, 3.63) is 123 Å². The second-order valence-corrected chi connectivity index (χ2v) is 12.5. The minimum Gasteiger partial charge on any atom is -0.490 e. The van der Waals surface area contributed by atoms with Crippen molar-refractivity contribution < 1.29 is 32.2 Å². The van der Waals surface area contributed by atoms with Gasteiger partial charge >= 0.3 is 12.1 Å². The van der Waals surface area contributed by atoms with Crippen molar-refractivity contribution >= 4 is 62.5 Å². The zero-order valence-corrected chi connectivity index (χ0v) is 28.1. The summed E-state index contributed by atoms with van der Waals surface area (Å²) < 4.78 is 61.7. The van der Waals surface area contributed by atoms with Gasteiger partial charge in [0.05, 0.1) is 33.8 Å². The van der Waals surface area contributed by atoms with Crippen LogP contribution in [0.4, 0.5) is 13.2 Å². The third kappa shape index (κ3) is 7.05. The van der Waals surface area contributed by atoms with E-state index in [1.807, 2.05) is 18.2 Å². The molecule has 2 heterocycles. The van der Waals surface area contributed by atoms with Crippen LogP contribution >= 0.6 is 50.5 Å². The standard InChI is InChI=1S/C32H24BrCl2F3N2O5S/c1-3-43-23-14-17(13-21(33)27(23)45-16-19-7-5-6-8-22(19)35)15-24-29(41)40-26(18-9-11-20(34)12-10-18)25(30(42)44-4-2)28(32(36,37)38)39-31(40)46-24/h5-15,26H,3-4,16H2,1-2H3/b24-15-/t26-/m1/s1. The number of carbonyl (C=O) groups excluding carboxylic acids is 1. The molecule has 1 atom stereocenters. The van der Waals surface area contributed by atoms with Gasteiger partial charge in [-0.3, -0.25) is 9.36 Å². The summed E-state index contributed by atoms with van der Waals surface area (Å²) in [5, 5.41) is 0.865. The Morgan fingerprint density at radius 1 is 1.07 bits per heavy atom. The van der Waals surface area contributed by atoms with Gasteiger partial charge in [0, 0.05) is 15.6 Å². The molecule has 5 rings (SSSR count). The Morgan fingerprint density at radius 3 is 2.43 bits per heavy atom. The van der Waals surface area contributed by atoms with E-state index < -0.39 is 35.0 Å². The summed E-state index contributed by atoms with van der Waals surface area (Å²) in [4.78, 5) is 30.5. The maximum atomic E-state index is 14.4. The Hall–Kier alpha value is -3.58. The van der Waals surface area contributed by atoms with Gasteiger partial charge in [-0.15, -0.1) is 0 Å². The minimum atomic E-state index is -5.01. The molecule has 46 heavy (non-hydrogen) atoms. The number of benzene rings is 3. The maximum absolute atomic E-state index is 14.4. The summed E-state index contributed by atoms with van der Waals surface area (Å²) in [6, 6.07) is 14.9. The number of hydrogen-bond donors (Lipinski definition) is 0. The Bertz CT molecular complexity index is 2010.